The molecule has 1 aromatic rings. The molecule has 0 aliphatic carbocycles. The summed E-state index contributed by atoms with van der Waals surface area (Å²) in [6.45, 7) is 7.71. The molecule has 2 nitrogen and oxygen atoms in total. The van der Waals surface area contributed by atoms with Gasteiger partial charge < -0.3 is 0 Å². The summed E-state index contributed by atoms with van der Waals surface area (Å²) in [6.07, 6.45) is 0. The Morgan fingerprint density at radius 3 is 2.06 bits per heavy atom. The van der Waals surface area contributed by atoms with E-state index in [-0.39, 0.29) is 10.8 Å². The van der Waals surface area contributed by atoms with Gasteiger partial charge in [-0.3, -0.25) is 0 Å². The normalized spacial score (nSPS) is 15.6. The lowest BCUT2D eigenvalue weighted by Crippen LogP contribution is -2.34. The zero-order chi connectivity index (χ0) is 13.2. The first kappa shape index (κ1) is 15.0. The number of benzene rings is 1. The van der Waals surface area contributed by atoms with Gasteiger partial charge in [-0.25, -0.2) is 8.93 Å². The Balaban J connectivity index is 2.83. The van der Waals surface area contributed by atoms with Crippen molar-refractivity contribution in [3.63, 3.8) is 0 Å². The van der Waals surface area contributed by atoms with Crippen molar-refractivity contribution in [2.45, 2.75) is 38.5 Å². The third-order valence-electron chi connectivity index (χ3n) is 2.22. The minimum Gasteiger partial charge on any atom is -0.242 e. The largest absolute Gasteiger partial charge is 0.242 e. The molecule has 1 aromatic carbocycles. The van der Waals surface area contributed by atoms with E-state index in [4.69, 9.17) is 23.2 Å². The van der Waals surface area contributed by atoms with E-state index in [1.165, 1.54) is 0 Å². The average Bonchev–Trinajstić information content (AvgIpc) is 2.14. The lowest BCUT2D eigenvalue weighted by atomic mass is 10.1. The van der Waals surface area contributed by atoms with E-state index in [9.17, 15) is 4.21 Å². The summed E-state index contributed by atoms with van der Waals surface area (Å²) >= 11 is 11.9. The molecule has 0 saturated heterocycles. The van der Waals surface area contributed by atoms with Gasteiger partial charge in [0.1, 0.15) is 0 Å². The Hall–Kier alpha value is -0.0900. The van der Waals surface area contributed by atoms with Crippen molar-refractivity contribution < 1.29 is 4.21 Å². The van der Waals surface area contributed by atoms with Crippen LogP contribution in [0.3, 0.4) is 0 Å². The second-order valence-corrected chi connectivity index (χ2v) is 7.79. The molecular formula is C12H17Cl2NOS. The van der Waals surface area contributed by atoms with Gasteiger partial charge in [0.05, 0.1) is 15.7 Å². The van der Waals surface area contributed by atoms with Crippen LogP contribution in [0.25, 0.3) is 0 Å². The van der Waals surface area contributed by atoms with Crippen LogP contribution in [0.4, 0.5) is 0 Å². The SMILES string of the molecule is CC(NS(=O)C(C)(C)C)c1cc(Cl)cc(Cl)c1. The molecule has 1 N–H and O–H groups in total. The highest BCUT2D eigenvalue weighted by atomic mass is 35.5. The Morgan fingerprint density at radius 1 is 1.18 bits per heavy atom. The van der Waals surface area contributed by atoms with Gasteiger partial charge in [-0.2, -0.15) is 0 Å². The molecule has 0 heterocycles. The highest BCUT2D eigenvalue weighted by Crippen LogP contribution is 2.24. The van der Waals surface area contributed by atoms with Gasteiger partial charge in [-0.15, -0.1) is 0 Å². The van der Waals surface area contributed by atoms with E-state index in [0.29, 0.717) is 10.0 Å². The van der Waals surface area contributed by atoms with E-state index in [1.54, 1.807) is 6.07 Å². The first-order valence-corrected chi connectivity index (χ1v) is 7.25. The molecule has 0 aliphatic rings. The predicted molar refractivity (Wildman–Crippen MR) is 75.9 cm³/mol. The summed E-state index contributed by atoms with van der Waals surface area (Å²) in [5.74, 6) is 0. The van der Waals surface area contributed by atoms with Crippen LogP contribution < -0.4 is 4.72 Å². The van der Waals surface area contributed by atoms with E-state index >= 15 is 0 Å². The van der Waals surface area contributed by atoms with Crippen molar-refractivity contribution in [1.29, 1.82) is 0 Å². The monoisotopic (exact) mass is 293 g/mol. The van der Waals surface area contributed by atoms with Gasteiger partial charge >= 0.3 is 0 Å². The minimum absolute atomic E-state index is 0.0636. The van der Waals surface area contributed by atoms with E-state index in [2.05, 4.69) is 4.72 Å². The van der Waals surface area contributed by atoms with Crippen molar-refractivity contribution in [3.8, 4) is 0 Å². The zero-order valence-corrected chi connectivity index (χ0v) is 12.7. The Bertz CT molecular complexity index is 409. The van der Waals surface area contributed by atoms with Gasteiger partial charge in [0.2, 0.25) is 0 Å². The lowest BCUT2D eigenvalue weighted by Gasteiger charge is -2.22. The maximum Gasteiger partial charge on any atom is 0.0975 e. The summed E-state index contributed by atoms with van der Waals surface area (Å²) in [5, 5.41) is 1.17. The second kappa shape index (κ2) is 5.70. The first-order chi connectivity index (χ1) is 7.70. The maximum absolute atomic E-state index is 12.0. The number of rotatable bonds is 3. The van der Waals surface area contributed by atoms with E-state index in [0.717, 1.165) is 5.56 Å². The second-order valence-electron chi connectivity index (χ2n) is 4.92. The van der Waals surface area contributed by atoms with Gasteiger partial charge in [0.15, 0.2) is 0 Å². The third kappa shape index (κ3) is 4.59. The minimum atomic E-state index is -1.12. The van der Waals surface area contributed by atoms with Crippen LogP contribution >= 0.6 is 23.2 Å². The van der Waals surface area contributed by atoms with Gasteiger partial charge in [0, 0.05) is 16.1 Å². The molecule has 2 atom stereocenters. The smallest absolute Gasteiger partial charge is 0.0975 e. The summed E-state index contributed by atoms with van der Waals surface area (Å²) < 4.78 is 14.7. The molecule has 2 unspecified atom stereocenters. The summed E-state index contributed by atoms with van der Waals surface area (Å²) in [5.41, 5.74) is 0.931. The number of halogens is 2. The fourth-order valence-corrected chi connectivity index (χ4v) is 2.58. The molecular weight excluding hydrogens is 277 g/mol. The molecule has 96 valence electrons. The van der Waals surface area contributed by atoms with Crippen LogP contribution in [0.5, 0.6) is 0 Å². The molecule has 0 aromatic heterocycles. The van der Waals surface area contributed by atoms with Gasteiger partial charge in [0.25, 0.3) is 0 Å². The maximum atomic E-state index is 12.0. The van der Waals surface area contributed by atoms with Crippen LogP contribution in [-0.4, -0.2) is 8.96 Å². The zero-order valence-electron chi connectivity index (χ0n) is 10.4. The molecule has 0 bridgehead atoms. The molecule has 17 heavy (non-hydrogen) atoms. The molecule has 0 aliphatic heterocycles. The lowest BCUT2D eigenvalue weighted by molar-refractivity contribution is 0.616. The van der Waals surface area contributed by atoms with E-state index < -0.39 is 11.0 Å². The molecule has 1 rings (SSSR count). The van der Waals surface area contributed by atoms with Crippen molar-refractivity contribution >= 4 is 34.2 Å². The highest BCUT2D eigenvalue weighted by Gasteiger charge is 2.21. The average molecular weight is 294 g/mol. The molecule has 0 fully saturated rings. The van der Waals surface area contributed by atoms with E-state index in [1.807, 2.05) is 39.8 Å². The van der Waals surface area contributed by atoms with Crippen LogP contribution in [0.2, 0.25) is 10.0 Å². The molecule has 0 saturated carbocycles. The van der Waals surface area contributed by atoms with Crippen LogP contribution in [0.1, 0.15) is 39.3 Å². The Morgan fingerprint density at radius 2 is 1.65 bits per heavy atom. The topological polar surface area (TPSA) is 29.1 Å². The van der Waals surface area contributed by atoms with Crippen LogP contribution in [0.15, 0.2) is 18.2 Å². The number of hydrogen-bond donors (Lipinski definition) is 1. The molecule has 0 spiro atoms. The van der Waals surface area contributed by atoms with Crippen molar-refractivity contribution in [3.05, 3.63) is 33.8 Å². The summed E-state index contributed by atoms with van der Waals surface area (Å²) in [6, 6.07) is 5.27. The van der Waals surface area contributed by atoms with Gasteiger partial charge in [-0.05, 0) is 51.5 Å². The predicted octanol–water partition coefficient (Wildman–Crippen LogP) is 4.11. The fraction of sp³-hybridized carbons (Fsp3) is 0.500. The van der Waals surface area contributed by atoms with Crippen molar-refractivity contribution in [2.75, 3.05) is 0 Å². The highest BCUT2D eigenvalue weighted by molar-refractivity contribution is 7.84. The van der Waals surface area contributed by atoms with Crippen molar-refractivity contribution in [1.82, 2.24) is 4.72 Å². The Labute approximate surface area is 115 Å². The molecule has 5 heteroatoms. The standard InChI is InChI=1S/C12H17Cl2NOS/c1-8(15-17(16)12(2,3)4)9-5-10(13)7-11(14)6-9/h5-8,15H,1-4H3. The number of hydrogen-bond acceptors (Lipinski definition) is 1. The fourth-order valence-electron chi connectivity index (χ4n) is 1.23. The molecule has 0 radical (unpaired) electrons. The summed E-state index contributed by atoms with van der Waals surface area (Å²) in [7, 11) is -1.12. The number of nitrogens with one attached hydrogen (secondary N) is 1. The quantitative estimate of drug-likeness (QED) is 0.893. The Kier molecular flexibility index (Phi) is 5.02. The molecule has 0 amide bonds. The van der Waals surface area contributed by atoms with Crippen molar-refractivity contribution in [2.24, 2.45) is 0 Å². The first-order valence-electron chi connectivity index (χ1n) is 5.34. The summed E-state index contributed by atoms with van der Waals surface area (Å²) in [4.78, 5) is 0. The van der Waals surface area contributed by atoms with Gasteiger partial charge in [-0.1, -0.05) is 23.2 Å². The van der Waals surface area contributed by atoms with Crippen LogP contribution in [0, 0.1) is 0 Å². The van der Waals surface area contributed by atoms with Crippen LogP contribution in [-0.2, 0) is 11.0 Å². The third-order valence-corrected chi connectivity index (χ3v) is 4.34.